The van der Waals surface area contributed by atoms with Crippen molar-refractivity contribution < 1.29 is 14.3 Å². The van der Waals surface area contributed by atoms with Gasteiger partial charge in [0.15, 0.2) is 0 Å². The summed E-state index contributed by atoms with van der Waals surface area (Å²) < 4.78 is 4.68. The zero-order valence-corrected chi connectivity index (χ0v) is 15.7. The van der Waals surface area contributed by atoms with E-state index in [1.54, 1.807) is 36.4 Å². The molecule has 5 nitrogen and oxygen atoms in total. The summed E-state index contributed by atoms with van der Waals surface area (Å²) in [4.78, 5) is 28.1. The molecule has 140 valence electrons. The van der Waals surface area contributed by atoms with Crippen LogP contribution in [0.15, 0.2) is 54.6 Å². The Kier molecular flexibility index (Phi) is 5.91. The molecule has 1 heterocycles. The van der Waals surface area contributed by atoms with Crippen molar-refractivity contribution in [3.8, 4) is 0 Å². The van der Waals surface area contributed by atoms with E-state index in [0.29, 0.717) is 18.7 Å². The quantitative estimate of drug-likeness (QED) is 0.618. The number of piperazine rings is 1. The molecule has 27 heavy (non-hydrogen) atoms. The van der Waals surface area contributed by atoms with Gasteiger partial charge in [-0.3, -0.25) is 4.79 Å². The van der Waals surface area contributed by atoms with Crippen LogP contribution in [0, 0.1) is 6.92 Å². The lowest BCUT2D eigenvalue weighted by atomic mass is 10.1. The molecule has 1 saturated heterocycles. The van der Waals surface area contributed by atoms with Gasteiger partial charge in [0.1, 0.15) is 0 Å². The van der Waals surface area contributed by atoms with E-state index in [4.69, 9.17) is 0 Å². The number of carbonyl (C=O) groups is 2. The molecule has 1 aliphatic heterocycles. The maximum Gasteiger partial charge on any atom is 0.337 e. The number of ether oxygens (including phenoxy) is 1. The zero-order valence-electron chi connectivity index (χ0n) is 15.7. The van der Waals surface area contributed by atoms with Gasteiger partial charge in [-0.15, -0.1) is 0 Å². The molecular formula is C22H24N2O3. The van der Waals surface area contributed by atoms with Crippen LogP contribution in [0.3, 0.4) is 0 Å². The lowest BCUT2D eigenvalue weighted by Gasteiger charge is -2.35. The molecule has 1 aliphatic rings. The van der Waals surface area contributed by atoms with Gasteiger partial charge in [0.2, 0.25) is 5.91 Å². The minimum absolute atomic E-state index is 0.0101. The molecule has 0 saturated carbocycles. The van der Waals surface area contributed by atoms with Gasteiger partial charge in [-0.05, 0) is 48.4 Å². The summed E-state index contributed by atoms with van der Waals surface area (Å²) in [7, 11) is 1.35. The maximum atomic E-state index is 12.4. The van der Waals surface area contributed by atoms with Gasteiger partial charge in [-0.1, -0.05) is 24.3 Å². The van der Waals surface area contributed by atoms with Gasteiger partial charge >= 0.3 is 5.97 Å². The topological polar surface area (TPSA) is 49.9 Å². The first kappa shape index (κ1) is 18.7. The van der Waals surface area contributed by atoms with Crippen LogP contribution in [0.1, 0.15) is 21.5 Å². The van der Waals surface area contributed by atoms with Gasteiger partial charge in [0, 0.05) is 37.9 Å². The van der Waals surface area contributed by atoms with E-state index in [1.807, 2.05) is 4.90 Å². The largest absolute Gasteiger partial charge is 0.465 e. The van der Waals surface area contributed by atoms with Crippen LogP contribution in [0.4, 0.5) is 5.69 Å². The molecule has 0 aromatic heterocycles. The van der Waals surface area contributed by atoms with E-state index >= 15 is 0 Å². The third kappa shape index (κ3) is 4.76. The second kappa shape index (κ2) is 8.54. The molecule has 1 amide bonds. The number of esters is 1. The smallest absolute Gasteiger partial charge is 0.337 e. The summed E-state index contributed by atoms with van der Waals surface area (Å²) in [6.07, 6.45) is 3.37. The Labute approximate surface area is 159 Å². The highest BCUT2D eigenvalue weighted by atomic mass is 16.5. The van der Waals surface area contributed by atoms with Crippen LogP contribution in [0.5, 0.6) is 0 Å². The Balaban J connectivity index is 1.55. The average Bonchev–Trinajstić information content (AvgIpc) is 2.72. The van der Waals surface area contributed by atoms with Crippen LogP contribution >= 0.6 is 0 Å². The molecule has 2 aromatic carbocycles. The molecule has 0 bridgehead atoms. The highest BCUT2D eigenvalue weighted by molar-refractivity contribution is 5.92. The normalized spacial score (nSPS) is 14.4. The Bertz CT molecular complexity index is 835. The van der Waals surface area contributed by atoms with Crippen LogP contribution in [0.25, 0.3) is 6.08 Å². The summed E-state index contributed by atoms with van der Waals surface area (Å²) in [6.45, 7) is 5.16. The molecule has 0 spiro atoms. The first-order chi connectivity index (χ1) is 13.1. The number of anilines is 1. The van der Waals surface area contributed by atoms with Crippen molar-refractivity contribution >= 4 is 23.6 Å². The third-order valence-corrected chi connectivity index (χ3v) is 4.71. The van der Waals surface area contributed by atoms with Crippen LogP contribution in [0.2, 0.25) is 0 Å². The molecule has 0 aliphatic carbocycles. The van der Waals surface area contributed by atoms with E-state index in [9.17, 15) is 9.59 Å². The van der Waals surface area contributed by atoms with Crippen molar-refractivity contribution in [2.24, 2.45) is 0 Å². The summed E-state index contributed by atoms with van der Waals surface area (Å²) in [5, 5.41) is 0. The van der Waals surface area contributed by atoms with Gasteiger partial charge in [-0.25, -0.2) is 4.79 Å². The monoisotopic (exact) mass is 364 g/mol. The number of methoxy groups -OCH3 is 1. The fourth-order valence-corrected chi connectivity index (χ4v) is 3.13. The zero-order chi connectivity index (χ0) is 19.2. The SMILES string of the molecule is COC(=O)c1ccc(/C=C/C(=O)N2CCN(c3cccc(C)c3)CC2)cc1. The molecular weight excluding hydrogens is 340 g/mol. The maximum absolute atomic E-state index is 12.4. The Morgan fingerprint density at radius 3 is 2.33 bits per heavy atom. The van der Waals surface area contributed by atoms with Gasteiger partial charge in [0.05, 0.1) is 12.7 Å². The minimum Gasteiger partial charge on any atom is -0.465 e. The predicted molar refractivity (Wildman–Crippen MR) is 107 cm³/mol. The number of benzene rings is 2. The summed E-state index contributed by atoms with van der Waals surface area (Å²) in [6, 6.07) is 15.4. The Morgan fingerprint density at radius 1 is 1.00 bits per heavy atom. The van der Waals surface area contributed by atoms with Crippen LogP contribution < -0.4 is 4.90 Å². The molecule has 1 fully saturated rings. The van der Waals surface area contributed by atoms with Crippen LogP contribution in [-0.2, 0) is 9.53 Å². The number of amides is 1. The van der Waals surface area contributed by atoms with Crippen molar-refractivity contribution in [3.05, 3.63) is 71.3 Å². The summed E-state index contributed by atoms with van der Waals surface area (Å²) in [5.41, 5.74) is 3.82. The van der Waals surface area contributed by atoms with E-state index < -0.39 is 0 Å². The van der Waals surface area contributed by atoms with Crippen molar-refractivity contribution in [3.63, 3.8) is 0 Å². The van der Waals surface area contributed by atoms with Gasteiger partial charge in [-0.2, -0.15) is 0 Å². The fourth-order valence-electron chi connectivity index (χ4n) is 3.13. The lowest BCUT2D eigenvalue weighted by molar-refractivity contribution is -0.126. The summed E-state index contributed by atoms with van der Waals surface area (Å²) in [5.74, 6) is -0.357. The van der Waals surface area contributed by atoms with E-state index in [-0.39, 0.29) is 11.9 Å². The summed E-state index contributed by atoms with van der Waals surface area (Å²) >= 11 is 0. The molecule has 0 atom stereocenters. The molecule has 0 radical (unpaired) electrons. The van der Waals surface area contributed by atoms with Crippen molar-refractivity contribution in [2.45, 2.75) is 6.92 Å². The molecule has 5 heteroatoms. The highest BCUT2D eigenvalue weighted by Gasteiger charge is 2.19. The predicted octanol–water partition coefficient (Wildman–Crippen LogP) is 3.14. The van der Waals surface area contributed by atoms with Crippen molar-refractivity contribution in [1.82, 2.24) is 4.90 Å². The minimum atomic E-state index is -0.368. The van der Waals surface area contributed by atoms with E-state index in [2.05, 4.69) is 40.8 Å². The fraction of sp³-hybridized carbons (Fsp3) is 0.273. The lowest BCUT2D eigenvalue weighted by Crippen LogP contribution is -2.48. The first-order valence-corrected chi connectivity index (χ1v) is 9.04. The van der Waals surface area contributed by atoms with Gasteiger partial charge in [0.25, 0.3) is 0 Å². The molecule has 2 aromatic rings. The Morgan fingerprint density at radius 2 is 1.70 bits per heavy atom. The number of nitrogens with zero attached hydrogens (tertiary/aromatic N) is 2. The van der Waals surface area contributed by atoms with E-state index in [1.165, 1.54) is 18.4 Å². The number of carbonyl (C=O) groups excluding carboxylic acids is 2. The van der Waals surface area contributed by atoms with Crippen molar-refractivity contribution in [1.29, 1.82) is 0 Å². The first-order valence-electron chi connectivity index (χ1n) is 9.04. The van der Waals surface area contributed by atoms with Crippen LogP contribution in [-0.4, -0.2) is 50.1 Å². The van der Waals surface area contributed by atoms with Gasteiger partial charge < -0.3 is 14.5 Å². The van der Waals surface area contributed by atoms with Crippen molar-refractivity contribution in [2.75, 3.05) is 38.2 Å². The average molecular weight is 364 g/mol. The second-order valence-electron chi connectivity index (χ2n) is 6.60. The third-order valence-electron chi connectivity index (χ3n) is 4.71. The number of hydrogen-bond acceptors (Lipinski definition) is 4. The van der Waals surface area contributed by atoms with E-state index in [0.717, 1.165) is 18.7 Å². The standard InChI is InChI=1S/C22H24N2O3/c1-17-4-3-5-20(16-17)23-12-14-24(15-13-23)21(25)11-8-18-6-9-19(10-7-18)22(26)27-2/h3-11,16H,12-15H2,1-2H3/b11-8+. The number of hydrogen-bond donors (Lipinski definition) is 0. The number of aryl methyl sites for hydroxylation is 1. The Hall–Kier alpha value is -3.08. The number of rotatable bonds is 4. The molecule has 3 rings (SSSR count). The highest BCUT2D eigenvalue weighted by Crippen LogP contribution is 2.18. The second-order valence-corrected chi connectivity index (χ2v) is 6.60. The molecule has 0 N–H and O–H groups in total. The molecule has 0 unspecified atom stereocenters.